The summed E-state index contributed by atoms with van der Waals surface area (Å²) in [7, 11) is 0. The maximum atomic E-state index is 12.1. The highest BCUT2D eigenvalue weighted by Gasteiger charge is 2.29. The van der Waals surface area contributed by atoms with Crippen LogP contribution in [0, 0.1) is 5.92 Å². The molecule has 0 radical (unpaired) electrons. The minimum Gasteiger partial charge on any atom is -0.481 e. The summed E-state index contributed by atoms with van der Waals surface area (Å²) in [6, 6.07) is 6.79. The fraction of sp³-hybridized carbons (Fsp3) is 0.533. The lowest BCUT2D eigenvalue weighted by atomic mass is 9.93. The lowest BCUT2D eigenvalue weighted by molar-refractivity contribution is -0.144. The second kappa shape index (κ2) is 6.85. The summed E-state index contributed by atoms with van der Waals surface area (Å²) in [5, 5.41) is 9.11. The van der Waals surface area contributed by atoms with Gasteiger partial charge >= 0.3 is 12.6 Å². The number of rotatable bonds is 5. The van der Waals surface area contributed by atoms with Crippen molar-refractivity contribution in [2.45, 2.75) is 39.0 Å². The van der Waals surface area contributed by atoms with Crippen LogP contribution in [0.3, 0.4) is 0 Å². The van der Waals surface area contributed by atoms with Gasteiger partial charge in [0.05, 0.1) is 5.92 Å². The van der Waals surface area contributed by atoms with Crippen LogP contribution in [0.15, 0.2) is 24.3 Å². The quantitative estimate of drug-likeness (QED) is 0.908. The highest BCUT2D eigenvalue weighted by atomic mass is 19.3. The third-order valence-electron chi connectivity index (χ3n) is 3.89. The molecule has 2 atom stereocenters. The van der Waals surface area contributed by atoms with Crippen LogP contribution in [0.2, 0.25) is 0 Å². The molecule has 21 heavy (non-hydrogen) atoms. The van der Waals surface area contributed by atoms with Gasteiger partial charge in [-0.2, -0.15) is 8.78 Å². The predicted molar refractivity (Wildman–Crippen MR) is 73.3 cm³/mol. The van der Waals surface area contributed by atoms with Gasteiger partial charge in [-0.15, -0.1) is 0 Å². The third-order valence-corrected chi connectivity index (χ3v) is 3.89. The standard InChI is InChI=1S/C15H19F2NO3/c1-10-2-5-12(14(19)20)9-18(10)8-11-3-6-13(7-4-11)21-15(16)17/h3-4,6-7,10,12,15H,2,5,8-9H2,1H3,(H,19,20). The molecule has 0 amide bonds. The maximum absolute atomic E-state index is 12.1. The van der Waals surface area contributed by atoms with Gasteiger partial charge in [-0.3, -0.25) is 9.69 Å². The zero-order valence-electron chi connectivity index (χ0n) is 11.8. The SMILES string of the molecule is CC1CCC(C(=O)O)CN1Cc1ccc(OC(F)F)cc1. The summed E-state index contributed by atoms with van der Waals surface area (Å²) in [6.07, 6.45) is 1.55. The van der Waals surface area contributed by atoms with Crippen LogP contribution >= 0.6 is 0 Å². The van der Waals surface area contributed by atoms with Crippen LogP contribution in [0.5, 0.6) is 5.75 Å². The summed E-state index contributed by atoms with van der Waals surface area (Å²) >= 11 is 0. The van der Waals surface area contributed by atoms with Gasteiger partial charge in [0.1, 0.15) is 5.75 Å². The molecule has 116 valence electrons. The summed E-state index contributed by atoms with van der Waals surface area (Å²) in [6.45, 7) is 0.382. The van der Waals surface area contributed by atoms with Gasteiger partial charge in [-0.25, -0.2) is 0 Å². The van der Waals surface area contributed by atoms with E-state index in [2.05, 4.69) is 16.6 Å². The van der Waals surface area contributed by atoms with Crippen LogP contribution in [0.25, 0.3) is 0 Å². The van der Waals surface area contributed by atoms with Crippen LogP contribution < -0.4 is 4.74 Å². The number of piperidine rings is 1. The average molecular weight is 299 g/mol. The van der Waals surface area contributed by atoms with Crippen molar-refractivity contribution < 1.29 is 23.4 Å². The molecule has 2 unspecified atom stereocenters. The Hall–Kier alpha value is -1.69. The molecule has 0 spiro atoms. The highest BCUT2D eigenvalue weighted by Crippen LogP contribution is 2.24. The van der Waals surface area contributed by atoms with Crippen molar-refractivity contribution in [3.05, 3.63) is 29.8 Å². The number of benzene rings is 1. The molecule has 0 bridgehead atoms. The van der Waals surface area contributed by atoms with E-state index in [4.69, 9.17) is 5.11 Å². The van der Waals surface area contributed by atoms with Gasteiger partial charge in [0.2, 0.25) is 0 Å². The molecule has 1 aromatic carbocycles. The molecule has 0 saturated carbocycles. The molecule has 1 heterocycles. The van der Waals surface area contributed by atoms with Crippen molar-refractivity contribution in [1.29, 1.82) is 0 Å². The van der Waals surface area contributed by atoms with E-state index in [1.54, 1.807) is 12.1 Å². The molecule has 1 aliphatic heterocycles. The van der Waals surface area contributed by atoms with Crippen molar-refractivity contribution in [3.63, 3.8) is 0 Å². The van der Waals surface area contributed by atoms with Crippen molar-refractivity contribution in [3.8, 4) is 5.75 Å². The fourth-order valence-electron chi connectivity index (χ4n) is 2.61. The number of nitrogens with zero attached hydrogens (tertiary/aromatic N) is 1. The first kappa shape index (κ1) is 15.7. The number of aliphatic carboxylic acids is 1. The van der Waals surface area contributed by atoms with Crippen molar-refractivity contribution >= 4 is 5.97 Å². The lowest BCUT2D eigenvalue weighted by Gasteiger charge is -2.36. The summed E-state index contributed by atoms with van der Waals surface area (Å²) < 4.78 is 28.5. The number of likely N-dealkylation sites (tertiary alicyclic amines) is 1. The minimum atomic E-state index is -2.82. The lowest BCUT2D eigenvalue weighted by Crippen LogP contribution is -2.43. The van der Waals surface area contributed by atoms with Gasteiger partial charge < -0.3 is 9.84 Å². The Labute approximate surface area is 122 Å². The van der Waals surface area contributed by atoms with E-state index < -0.39 is 12.6 Å². The van der Waals surface area contributed by atoms with Gasteiger partial charge in [0.25, 0.3) is 0 Å². The number of carboxylic acid groups (broad SMARTS) is 1. The summed E-state index contributed by atoms with van der Waals surface area (Å²) in [5.41, 5.74) is 0.953. The molecular weight excluding hydrogens is 280 g/mol. The Morgan fingerprint density at radius 3 is 2.62 bits per heavy atom. The first-order valence-electron chi connectivity index (χ1n) is 6.96. The molecule has 1 fully saturated rings. The van der Waals surface area contributed by atoms with Crippen LogP contribution in [-0.4, -0.2) is 35.2 Å². The molecule has 4 nitrogen and oxygen atoms in total. The van der Waals surface area contributed by atoms with E-state index in [1.165, 1.54) is 12.1 Å². The number of halogens is 2. The third kappa shape index (κ3) is 4.39. The van der Waals surface area contributed by atoms with Crippen molar-refractivity contribution in [2.75, 3.05) is 6.54 Å². The number of hydrogen-bond acceptors (Lipinski definition) is 3. The van der Waals surface area contributed by atoms with Crippen LogP contribution in [0.4, 0.5) is 8.78 Å². The fourth-order valence-corrected chi connectivity index (χ4v) is 2.61. The highest BCUT2D eigenvalue weighted by molar-refractivity contribution is 5.70. The van der Waals surface area contributed by atoms with Crippen molar-refractivity contribution in [2.24, 2.45) is 5.92 Å². The molecular formula is C15H19F2NO3. The summed E-state index contributed by atoms with van der Waals surface area (Å²) in [4.78, 5) is 13.2. The molecule has 1 aliphatic rings. The topological polar surface area (TPSA) is 49.8 Å². The zero-order valence-corrected chi connectivity index (χ0v) is 11.8. The van der Waals surface area contributed by atoms with Crippen LogP contribution in [0.1, 0.15) is 25.3 Å². The van der Waals surface area contributed by atoms with Gasteiger partial charge in [0.15, 0.2) is 0 Å². The molecule has 1 saturated heterocycles. The maximum Gasteiger partial charge on any atom is 0.387 e. The molecule has 0 aromatic heterocycles. The number of ether oxygens (including phenoxy) is 1. The number of carbonyl (C=O) groups is 1. The first-order valence-corrected chi connectivity index (χ1v) is 6.96. The molecule has 2 rings (SSSR count). The van der Waals surface area contributed by atoms with E-state index in [1.807, 2.05) is 0 Å². The summed E-state index contributed by atoms with van der Waals surface area (Å²) in [5.74, 6) is -0.959. The van der Waals surface area contributed by atoms with E-state index in [0.29, 0.717) is 25.6 Å². The smallest absolute Gasteiger partial charge is 0.387 e. The second-order valence-corrected chi connectivity index (χ2v) is 5.41. The van der Waals surface area contributed by atoms with Crippen LogP contribution in [-0.2, 0) is 11.3 Å². The Balaban J connectivity index is 1.97. The van der Waals surface area contributed by atoms with Gasteiger partial charge in [-0.1, -0.05) is 12.1 Å². The van der Waals surface area contributed by atoms with Crippen molar-refractivity contribution in [1.82, 2.24) is 4.90 Å². The molecule has 6 heteroatoms. The average Bonchev–Trinajstić information content (AvgIpc) is 2.42. The molecule has 0 aliphatic carbocycles. The normalized spacial score (nSPS) is 23.2. The largest absolute Gasteiger partial charge is 0.481 e. The van der Waals surface area contributed by atoms with E-state index >= 15 is 0 Å². The molecule has 1 N–H and O–H groups in total. The first-order chi connectivity index (χ1) is 9.95. The van der Waals surface area contributed by atoms with Gasteiger partial charge in [-0.05, 0) is 37.5 Å². The van der Waals surface area contributed by atoms with E-state index in [-0.39, 0.29) is 11.7 Å². The Kier molecular flexibility index (Phi) is 5.12. The zero-order chi connectivity index (χ0) is 15.4. The van der Waals surface area contributed by atoms with E-state index in [9.17, 15) is 13.6 Å². The number of carboxylic acids is 1. The monoisotopic (exact) mass is 299 g/mol. The predicted octanol–water partition coefficient (Wildman–Crippen LogP) is 2.97. The molecule has 1 aromatic rings. The number of alkyl halides is 2. The Morgan fingerprint density at radius 1 is 1.38 bits per heavy atom. The number of hydrogen-bond donors (Lipinski definition) is 1. The Morgan fingerprint density at radius 2 is 2.05 bits per heavy atom. The van der Waals surface area contributed by atoms with E-state index in [0.717, 1.165) is 12.0 Å². The minimum absolute atomic E-state index is 0.129. The Bertz CT molecular complexity index is 478. The second-order valence-electron chi connectivity index (χ2n) is 5.41. The van der Waals surface area contributed by atoms with Gasteiger partial charge in [0, 0.05) is 19.1 Å².